The Bertz CT molecular complexity index is 690. The molecule has 1 fully saturated rings. The molecule has 3 heteroatoms. The zero-order valence-electron chi connectivity index (χ0n) is 15.0. The van der Waals surface area contributed by atoms with Crippen molar-refractivity contribution in [3.05, 3.63) is 48.2 Å². The summed E-state index contributed by atoms with van der Waals surface area (Å²) >= 11 is 0. The molecule has 4 rings (SSSR count). The maximum atomic E-state index is 7.57. The second kappa shape index (κ2) is 7.54. The van der Waals surface area contributed by atoms with Crippen molar-refractivity contribution in [3.8, 4) is 0 Å². The van der Waals surface area contributed by atoms with E-state index in [9.17, 15) is 0 Å². The molecular formula is C21H30N2O. The van der Waals surface area contributed by atoms with Crippen LogP contribution in [0, 0.1) is 5.92 Å². The van der Waals surface area contributed by atoms with Gasteiger partial charge in [-0.3, -0.25) is 4.90 Å². The summed E-state index contributed by atoms with van der Waals surface area (Å²) in [6.07, 6.45) is 7.04. The lowest BCUT2D eigenvalue weighted by Crippen LogP contribution is -2.48. The molecule has 3 atom stereocenters. The van der Waals surface area contributed by atoms with Gasteiger partial charge in [0, 0.05) is 35.8 Å². The zero-order chi connectivity index (χ0) is 17.1. The minimum Gasteiger partial charge on any atom is -0.397 e. The lowest BCUT2D eigenvalue weighted by Gasteiger charge is -2.47. The van der Waals surface area contributed by atoms with Crippen LogP contribution in [0.1, 0.15) is 50.4 Å². The van der Waals surface area contributed by atoms with Crippen molar-refractivity contribution in [1.29, 1.82) is 0 Å². The number of aliphatic hydroxyl groups is 1. The minimum absolute atomic E-state index is 0.250. The topological polar surface area (TPSA) is 39.3 Å². The van der Waals surface area contributed by atoms with Crippen molar-refractivity contribution in [2.24, 2.45) is 5.92 Å². The highest BCUT2D eigenvalue weighted by atomic mass is 16.2. The molecule has 2 aliphatic rings. The van der Waals surface area contributed by atoms with Crippen molar-refractivity contribution in [3.63, 3.8) is 0 Å². The first-order chi connectivity index (χ1) is 11.7. The van der Waals surface area contributed by atoms with E-state index in [4.69, 9.17) is 5.11 Å². The average Bonchev–Trinajstić information content (AvgIpc) is 2.97. The number of piperidine rings is 1. The van der Waals surface area contributed by atoms with Gasteiger partial charge in [-0.25, -0.2) is 0 Å². The number of aromatic nitrogens is 1. The van der Waals surface area contributed by atoms with E-state index in [1.807, 2.05) is 0 Å². The van der Waals surface area contributed by atoms with E-state index >= 15 is 0 Å². The normalized spacial score (nSPS) is 26.2. The Balaban J connectivity index is 0.000000526. The molecule has 2 N–H and O–H groups in total. The summed E-state index contributed by atoms with van der Waals surface area (Å²) in [6.45, 7) is 9.48. The van der Waals surface area contributed by atoms with Crippen molar-refractivity contribution in [1.82, 2.24) is 9.88 Å². The second-order valence-corrected chi connectivity index (χ2v) is 6.99. The van der Waals surface area contributed by atoms with E-state index in [-0.39, 0.29) is 6.61 Å². The molecule has 2 aliphatic heterocycles. The first-order valence-corrected chi connectivity index (χ1v) is 9.28. The number of nitrogens with one attached hydrogen (secondary N) is 1. The molecular weight excluding hydrogens is 296 g/mol. The molecule has 0 spiro atoms. The van der Waals surface area contributed by atoms with Crippen molar-refractivity contribution >= 4 is 10.9 Å². The SMILES string of the molecule is C=CC[C@H]1CC[C@H]2c3[nH]c4ccccc4c3CCN2[C@H]1C.CCO. The molecule has 130 valence electrons. The molecule has 0 bridgehead atoms. The van der Waals surface area contributed by atoms with Gasteiger partial charge in [0.15, 0.2) is 0 Å². The van der Waals surface area contributed by atoms with Gasteiger partial charge in [-0.2, -0.15) is 0 Å². The third kappa shape index (κ3) is 3.03. The summed E-state index contributed by atoms with van der Waals surface area (Å²) in [5, 5.41) is 9.01. The van der Waals surface area contributed by atoms with Gasteiger partial charge < -0.3 is 10.1 Å². The highest BCUT2D eigenvalue weighted by Crippen LogP contribution is 2.43. The minimum atomic E-state index is 0.250. The molecule has 1 aromatic heterocycles. The fourth-order valence-corrected chi connectivity index (χ4v) is 4.55. The third-order valence-corrected chi connectivity index (χ3v) is 5.69. The number of nitrogens with zero attached hydrogens (tertiary/aromatic N) is 1. The number of aliphatic hydroxyl groups excluding tert-OH is 1. The largest absolute Gasteiger partial charge is 0.397 e. The maximum Gasteiger partial charge on any atom is 0.0504 e. The number of rotatable bonds is 2. The summed E-state index contributed by atoms with van der Waals surface area (Å²) in [5.41, 5.74) is 4.37. The number of para-hydroxylation sites is 1. The highest BCUT2D eigenvalue weighted by Gasteiger charge is 2.38. The van der Waals surface area contributed by atoms with Gasteiger partial charge in [-0.1, -0.05) is 24.3 Å². The van der Waals surface area contributed by atoms with Crippen molar-refractivity contribution in [2.75, 3.05) is 13.2 Å². The number of allylic oxidation sites excluding steroid dienone is 1. The van der Waals surface area contributed by atoms with Crippen LogP contribution in [0.5, 0.6) is 0 Å². The summed E-state index contributed by atoms with van der Waals surface area (Å²) < 4.78 is 0. The summed E-state index contributed by atoms with van der Waals surface area (Å²) in [6, 6.07) is 10.0. The second-order valence-electron chi connectivity index (χ2n) is 6.99. The standard InChI is InChI=1S/C19H24N2.C2H6O/c1-3-6-14-9-10-18-19-16(11-12-21(18)13(14)2)15-7-4-5-8-17(15)20-19;1-2-3/h3-5,7-8,13-14,18,20H,1,6,9-12H2,2H3;3H,2H2,1H3/t13-,14-,18-;/m0./s1. The van der Waals surface area contributed by atoms with Crippen LogP contribution in [0.3, 0.4) is 0 Å². The Kier molecular flexibility index (Phi) is 5.42. The maximum absolute atomic E-state index is 7.57. The quantitative estimate of drug-likeness (QED) is 0.801. The van der Waals surface area contributed by atoms with Crippen molar-refractivity contribution < 1.29 is 5.11 Å². The van der Waals surface area contributed by atoms with Gasteiger partial charge >= 0.3 is 0 Å². The van der Waals surface area contributed by atoms with Gasteiger partial charge in [0.25, 0.3) is 0 Å². The van der Waals surface area contributed by atoms with E-state index in [1.165, 1.54) is 42.4 Å². The summed E-state index contributed by atoms with van der Waals surface area (Å²) in [7, 11) is 0. The van der Waals surface area contributed by atoms with Gasteiger partial charge in [-0.15, -0.1) is 6.58 Å². The lowest BCUT2D eigenvalue weighted by atomic mass is 9.80. The van der Waals surface area contributed by atoms with Gasteiger partial charge in [0.05, 0.1) is 6.04 Å². The molecule has 24 heavy (non-hydrogen) atoms. The van der Waals surface area contributed by atoms with Gasteiger partial charge in [0.1, 0.15) is 0 Å². The molecule has 0 radical (unpaired) electrons. The van der Waals surface area contributed by atoms with E-state index in [0.29, 0.717) is 12.1 Å². The molecule has 2 aromatic rings. The smallest absolute Gasteiger partial charge is 0.0504 e. The monoisotopic (exact) mass is 326 g/mol. The van der Waals surface area contributed by atoms with Crippen molar-refractivity contribution in [2.45, 2.75) is 51.6 Å². The highest BCUT2D eigenvalue weighted by molar-refractivity contribution is 5.85. The number of benzene rings is 1. The van der Waals surface area contributed by atoms with E-state index in [2.05, 4.69) is 53.7 Å². The Labute approximate surface area is 145 Å². The lowest BCUT2D eigenvalue weighted by molar-refractivity contribution is 0.0406. The number of aromatic amines is 1. The summed E-state index contributed by atoms with van der Waals surface area (Å²) in [5.74, 6) is 0.782. The predicted molar refractivity (Wildman–Crippen MR) is 101 cm³/mol. The molecule has 1 saturated heterocycles. The molecule has 1 aromatic carbocycles. The summed E-state index contributed by atoms with van der Waals surface area (Å²) in [4.78, 5) is 6.45. The Hall–Kier alpha value is -1.58. The Morgan fingerprint density at radius 1 is 1.33 bits per heavy atom. The number of hydrogen-bond acceptors (Lipinski definition) is 2. The van der Waals surface area contributed by atoms with E-state index < -0.39 is 0 Å². The molecule has 0 amide bonds. The molecule has 0 unspecified atom stereocenters. The van der Waals surface area contributed by atoms with Crippen LogP contribution in [-0.2, 0) is 6.42 Å². The first kappa shape index (κ1) is 17.2. The van der Waals surface area contributed by atoms with E-state index in [0.717, 1.165) is 12.3 Å². The first-order valence-electron chi connectivity index (χ1n) is 9.28. The van der Waals surface area contributed by atoms with Crippen LogP contribution in [0.2, 0.25) is 0 Å². The molecule has 3 heterocycles. The van der Waals surface area contributed by atoms with Gasteiger partial charge in [0.2, 0.25) is 0 Å². The number of hydrogen-bond donors (Lipinski definition) is 2. The van der Waals surface area contributed by atoms with Crippen LogP contribution < -0.4 is 0 Å². The average molecular weight is 326 g/mol. The molecule has 0 saturated carbocycles. The van der Waals surface area contributed by atoms with Gasteiger partial charge in [-0.05, 0) is 57.1 Å². The fraction of sp³-hybridized carbons (Fsp3) is 0.524. The molecule has 3 nitrogen and oxygen atoms in total. The van der Waals surface area contributed by atoms with E-state index in [1.54, 1.807) is 12.5 Å². The van der Waals surface area contributed by atoms with Crippen LogP contribution >= 0.6 is 0 Å². The van der Waals surface area contributed by atoms with Crippen LogP contribution in [0.4, 0.5) is 0 Å². The fourth-order valence-electron chi connectivity index (χ4n) is 4.55. The third-order valence-electron chi connectivity index (χ3n) is 5.69. The Morgan fingerprint density at radius 3 is 2.83 bits per heavy atom. The number of H-pyrrole nitrogens is 1. The zero-order valence-corrected chi connectivity index (χ0v) is 15.0. The van der Waals surface area contributed by atoms with Crippen LogP contribution in [0.25, 0.3) is 10.9 Å². The van der Waals surface area contributed by atoms with Crippen LogP contribution in [0.15, 0.2) is 36.9 Å². The number of fused-ring (bicyclic) bond motifs is 5. The Morgan fingerprint density at radius 2 is 2.08 bits per heavy atom. The molecule has 0 aliphatic carbocycles. The van der Waals surface area contributed by atoms with Crippen LogP contribution in [-0.4, -0.2) is 34.2 Å². The predicted octanol–water partition coefficient (Wildman–Crippen LogP) is 4.44.